The number of benzene rings is 2. The highest BCUT2D eigenvalue weighted by atomic mass is 32.2. The summed E-state index contributed by atoms with van der Waals surface area (Å²) in [7, 11) is -3.61. The van der Waals surface area contributed by atoms with Crippen molar-refractivity contribution in [3.8, 4) is 0 Å². The minimum Gasteiger partial charge on any atom is -0.353 e. The largest absolute Gasteiger partial charge is 0.353 e. The summed E-state index contributed by atoms with van der Waals surface area (Å²) in [6.07, 6.45) is 9.40. The zero-order valence-corrected chi connectivity index (χ0v) is 19.2. The molecular formula is C25H34N2O3S. The van der Waals surface area contributed by atoms with Gasteiger partial charge in [-0.05, 0) is 49.4 Å². The molecule has 1 aliphatic carbocycles. The molecule has 0 aliphatic heterocycles. The van der Waals surface area contributed by atoms with Crippen molar-refractivity contribution in [2.45, 2.75) is 81.7 Å². The number of hydrogen-bond donors (Lipinski definition) is 2. The van der Waals surface area contributed by atoms with Crippen molar-refractivity contribution in [3.05, 3.63) is 65.7 Å². The summed E-state index contributed by atoms with van der Waals surface area (Å²) < 4.78 is 28.1. The van der Waals surface area contributed by atoms with E-state index in [2.05, 4.69) is 10.0 Å². The Morgan fingerprint density at radius 3 is 2.19 bits per heavy atom. The second-order valence-electron chi connectivity index (χ2n) is 8.51. The van der Waals surface area contributed by atoms with Crippen LogP contribution in [0.1, 0.15) is 75.5 Å². The van der Waals surface area contributed by atoms with Crippen molar-refractivity contribution >= 4 is 15.9 Å². The van der Waals surface area contributed by atoms with Gasteiger partial charge in [0.25, 0.3) is 0 Å². The van der Waals surface area contributed by atoms with Gasteiger partial charge in [0, 0.05) is 18.5 Å². The van der Waals surface area contributed by atoms with Crippen LogP contribution in [0, 0.1) is 0 Å². The van der Waals surface area contributed by atoms with Crippen molar-refractivity contribution in [1.29, 1.82) is 0 Å². The zero-order valence-electron chi connectivity index (χ0n) is 18.3. The van der Waals surface area contributed by atoms with Crippen LogP contribution in [-0.2, 0) is 21.2 Å². The molecule has 1 fully saturated rings. The van der Waals surface area contributed by atoms with Gasteiger partial charge in [-0.3, -0.25) is 4.79 Å². The molecule has 1 atom stereocenters. The highest BCUT2D eigenvalue weighted by molar-refractivity contribution is 7.89. The normalized spacial score (nSPS) is 16.8. The molecule has 168 valence electrons. The average molecular weight is 443 g/mol. The summed E-state index contributed by atoms with van der Waals surface area (Å²) in [5.74, 6) is 0.0839. The van der Waals surface area contributed by atoms with Crippen molar-refractivity contribution in [1.82, 2.24) is 10.0 Å². The Balaban J connectivity index is 1.50. The number of hydrogen-bond acceptors (Lipinski definition) is 3. The number of aryl methyl sites for hydroxylation is 1. The third kappa shape index (κ3) is 7.47. The topological polar surface area (TPSA) is 75.3 Å². The quantitative estimate of drug-likeness (QED) is 0.611. The van der Waals surface area contributed by atoms with Crippen LogP contribution >= 0.6 is 0 Å². The fourth-order valence-corrected chi connectivity index (χ4v) is 5.34. The van der Waals surface area contributed by atoms with Gasteiger partial charge in [0.05, 0.1) is 4.90 Å². The Hall–Kier alpha value is -2.18. The van der Waals surface area contributed by atoms with Crippen molar-refractivity contribution in [3.63, 3.8) is 0 Å². The molecule has 0 heterocycles. The van der Waals surface area contributed by atoms with Gasteiger partial charge in [-0.1, -0.05) is 74.6 Å². The lowest BCUT2D eigenvalue weighted by atomic mass is 9.96. The Morgan fingerprint density at radius 2 is 1.55 bits per heavy atom. The summed E-state index contributed by atoms with van der Waals surface area (Å²) in [6.45, 7) is 1.83. The van der Waals surface area contributed by atoms with E-state index in [-0.39, 0.29) is 16.8 Å². The molecule has 5 nitrogen and oxygen atoms in total. The van der Waals surface area contributed by atoms with Crippen LogP contribution in [0.15, 0.2) is 59.5 Å². The number of carbonyl (C=O) groups excluding carboxylic acids is 1. The molecule has 0 unspecified atom stereocenters. The highest BCUT2D eigenvalue weighted by Crippen LogP contribution is 2.19. The first kappa shape index (κ1) is 23.5. The predicted molar refractivity (Wildman–Crippen MR) is 124 cm³/mol. The van der Waals surface area contributed by atoms with Gasteiger partial charge in [0.1, 0.15) is 0 Å². The van der Waals surface area contributed by atoms with Gasteiger partial charge in [-0.25, -0.2) is 13.1 Å². The fourth-order valence-electron chi connectivity index (χ4n) is 4.10. The molecule has 0 saturated heterocycles. The molecule has 1 amide bonds. The maximum atomic E-state index is 12.7. The van der Waals surface area contributed by atoms with E-state index in [4.69, 9.17) is 0 Å². The van der Waals surface area contributed by atoms with Crippen LogP contribution in [0.25, 0.3) is 0 Å². The molecule has 0 radical (unpaired) electrons. The first-order valence-electron chi connectivity index (χ1n) is 11.4. The molecule has 3 rings (SSSR count). The van der Waals surface area contributed by atoms with Gasteiger partial charge in [-0.2, -0.15) is 0 Å². The summed E-state index contributed by atoms with van der Waals surface area (Å²) in [5, 5.41) is 3.18. The molecule has 6 heteroatoms. The first-order chi connectivity index (χ1) is 14.9. The summed E-state index contributed by atoms with van der Waals surface area (Å²) in [6, 6.07) is 16.3. The predicted octanol–water partition coefficient (Wildman–Crippen LogP) is 4.89. The Morgan fingerprint density at radius 1 is 0.935 bits per heavy atom. The van der Waals surface area contributed by atoms with Crippen LogP contribution in [0.5, 0.6) is 0 Å². The average Bonchev–Trinajstić information content (AvgIpc) is 2.75. The van der Waals surface area contributed by atoms with E-state index in [1.54, 1.807) is 24.3 Å². The Labute approximate surface area is 186 Å². The Bertz CT molecular complexity index is 919. The van der Waals surface area contributed by atoms with Gasteiger partial charge >= 0.3 is 0 Å². The Kier molecular flexibility index (Phi) is 8.67. The maximum absolute atomic E-state index is 12.7. The van der Waals surface area contributed by atoms with Crippen LogP contribution in [-0.4, -0.2) is 20.4 Å². The third-order valence-electron chi connectivity index (χ3n) is 5.98. The minimum atomic E-state index is -3.61. The molecule has 0 bridgehead atoms. The molecule has 2 aromatic carbocycles. The van der Waals surface area contributed by atoms with E-state index < -0.39 is 10.0 Å². The smallest absolute Gasteiger partial charge is 0.241 e. The number of rotatable bonds is 8. The minimum absolute atomic E-state index is 0.0839. The first-order valence-corrected chi connectivity index (χ1v) is 12.9. The SMILES string of the molecule is C[C@H](NS(=O)(=O)c1ccc(CCC(=O)NC2CCCCCCC2)cc1)c1ccccc1. The molecule has 2 N–H and O–H groups in total. The van der Waals surface area contributed by atoms with E-state index in [1.165, 1.54) is 32.1 Å². The van der Waals surface area contributed by atoms with E-state index in [0.29, 0.717) is 18.9 Å². The molecule has 0 aromatic heterocycles. The summed E-state index contributed by atoms with van der Waals surface area (Å²) in [5.41, 5.74) is 1.88. The maximum Gasteiger partial charge on any atom is 0.241 e. The fraction of sp³-hybridized carbons (Fsp3) is 0.480. The second kappa shape index (κ2) is 11.4. The van der Waals surface area contributed by atoms with Crippen LogP contribution in [0.2, 0.25) is 0 Å². The van der Waals surface area contributed by atoms with Crippen LogP contribution < -0.4 is 10.0 Å². The van der Waals surface area contributed by atoms with Crippen LogP contribution in [0.4, 0.5) is 0 Å². The highest BCUT2D eigenvalue weighted by Gasteiger charge is 2.18. The molecule has 31 heavy (non-hydrogen) atoms. The number of sulfonamides is 1. The lowest BCUT2D eigenvalue weighted by molar-refractivity contribution is -0.121. The summed E-state index contributed by atoms with van der Waals surface area (Å²) >= 11 is 0. The molecular weight excluding hydrogens is 408 g/mol. The standard InChI is InChI=1S/C25H34N2O3S/c1-20(22-10-6-5-7-11-22)27-31(29,30)24-17-14-21(15-18-24)16-19-25(28)26-23-12-8-3-2-4-9-13-23/h5-7,10-11,14-15,17-18,20,23,27H,2-4,8-9,12-13,16,19H2,1H3,(H,26,28)/t20-/m0/s1. The number of amides is 1. The van der Waals surface area contributed by atoms with Crippen LogP contribution in [0.3, 0.4) is 0 Å². The lowest BCUT2D eigenvalue weighted by Crippen LogP contribution is -2.35. The second-order valence-corrected chi connectivity index (χ2v) is 10.2. The van der Waals surface area contributed by atoms with E-state index in [0.717, 1.165) is 24.0 Å². The van der Waals surface area contributed by atoms with Gasteiger partial charge < -0.3 is 5.32 Å². The molecule has 2 aromatic rings. The lowest BCUT2D eigenvalue weighted by Gasteiger charge is -2.21. The third-order valence-corrected chi connectivity index (χ3v) is 7.53. The van der Waals surface area contributed by atoms with Crippen molar-refractivity contribution in [2.24, 2.45) is 0 Å². The van der Waals surface area contributed by atoms with E-state index in [1.807, 2.05) is 37.3 Å². The van der Waals surface area contributed by atoms with Crippen molar-refractivity contribution < 1.29 is 13.2 Å². The molecule has 1 aliphatic rings. The van der Waals surface area contributed by atoms with Gasteiger partial charge in [-0.15, -0.1) is 0 Å². The van der Waals surface area contributed by atoms with Gasteiger partial charge in [0.2, 0.25) is 15.9 Å². The van der Waals surface area contributed by atoms with E-state index in [9.17, 15) is 13.2 Å². The number of nitrogens with one attached hydrogen (secondary N) is 2. The molecule has 1 saturated carbocycles. The zero-order chi connectivity index (χ0) is 22.1. The summed E-state index contributed by atoms with van der Waals surface area (Å²) in [4.78, 5) is 12.6. The monoisotopic (exact) mass is 442 g/mol. The van der Waals surface area contributed by atoms with Gasteiger partial charge in [0.15, 0.2) is 0 Å². The number of carbonyl (C=O) groups is 1. The van der Waals surface area contributed by atoms with Crippen molar-refractivity contribution in [2.75, 3.05) is 0 Å². The molecule has 0 spiro atoms. The van der Waals surface area contributed by atoms with E-state index >= 15 is 0 Å².